The van der Waals surface area contributed by atoms with Crippen LogP contribution >= 0.6 is 0 Å². The number of amides is 1. The van der Waals surface area contributed by atoms with Gasteiger partial charge in [0.25, 0.3) is 0 Å². The molecule has 0 rings (SSSR count). The van der Waals surface area contributed by atoms with Crippen molar-refractivity contribution in [3.05, 3.63) is 0 Å². The molecule has 1 amide bonds. The second kappa shape index (κ2) is 5.97. The molecule has 0 saturated heterocycles. The fraction of sp³-hybridized carbons (Fsp3) is 0.857. The van der Waals surface area contributed by atoms with Gasteiger partial charge >= 0.3 is 6.09 Å². The van der Waals surface area contributed by atoms with Gasteiger partial charge < -0.3 is 15.8 Å². The standard InChI is InChI=1S/C7H16N2O2/c1-3-6(8)5-9-7(10)11-4-2/h6H,3-5,8H2,1-2H3,(H,9,10). The van der Waals surface area contributed by atoms with Crippen LogP contribution in [0.5, 0.6) is 0 Å². The van der Waals surface area contributed by atoms with Gasteiger partial charge in [-0.05, 0) is 13.3 Å². The van der Waals surface area contributed by atoms with Gasteiger partial charge in [-0.15, -0.1) is 0 Å². The van der Waals surface area contributed by atoms with Crippen LogP contribution in [0.3, 0.4) is 0 Å². The molecule has 0 aromatic rings. The lowest BCUT2D eigenvalue weighted by atomic mass is 10.2. The third-order valence-electron chi connectivity index (χ3n) is 1.31. The molecule has 0 aromatic carbocycles. The Morgan fingerprint density at radius 2 is 2.27 bits per heavy atom. The lowest BCUT2D eigenvalue weighted by Gasteiger charge is -2.09. The first-order valence-corrected chi connectivity index (χ1v) is 3.86. The van der Waals surface area contributed by atoms with Gasteiger partial charge in [0.05, 0.1) is 6.61 Å². The van der Waals surface area contributed by atoms with Crippen LogP contribution in [0.2, 0.25) is 0 Å². The van der Waals surface area contributed by atoms with Crippen molar-refractivity contribution in [3.63, 3.8) is 0 Å². The summed E-state index contributed by atoms with van der Waals surface area (Å²) >= 11 is 0. The van der Waals surface area contributed by atoms with E-state index in [2.05, 4.69) is 10.1 Å². The number of nitrogens with one attached hydrogen (secondary N) is 1. The van der Waals surface area contributed by atoms with Crippen LogP contribution in [0.4, 0.5) is 4.79 Å². The molecule has 4 nitrogen and oxygen atoms in total. The van der Waals surface area contributed by atoms with E-state index >= 15 is 0 Å². The Bertz CT molecular complexity index is 117. The van der Waals surface area contributed by atoms with E-state index in [0.29, 0.717) is 13.2 Å². The monoisotopic (exact) mass is 160 g/mol. The van der Waals surface area contributed by atoms with E-state index in [1.54, 1.807) is 6.92 Å². The first-order chi connectivity index (χ1) is 5.20. The molecule has 0 aliphatic carbocycles. The van der Waals surface area contributed by atoms with Gasteiger partial charge in [-0.25, -0.2) is 4.79 Å². The van der Waals surface area contributed by atoms with E-state index in [1.807, 2.05) is 6.92 Å². The van der Waals surface area contributed by atoms with E-state index in [-0.39, 0.29) is 6.04 Å². The smallest absolute Gasteiger partial charge is 0.407 e. The van der Waals surface area contributed by atoms with Crippen LogP contribution in [0.1, 0.15) is 20.3 Å². The summed E-state index contributed by atoms with van der Waals surface area (Å²) in [5.41, 5.74) is 5.55. The Labute approximate surface area is 67.1 Å². The minimum absolute atomic E-state index is 0.0272. The lowest BCUT2D eigenvalue weighted by Crippen LogP contribution is -2.36. The van der Waals surface area contributed by atoms with E-state index in [1.165, 1.54) is 0 Å². The highest BCUT2D eigenvalue weighted by atomic mass is 16.5. The van der Waals surface area contributed by atoms with E-state index in [9.17, 15) is 4.79 Å². The average molecular weight is 160 g/mol. The van der Waals surface area contributed by atoms with Crippen molar-refractivity contribution in [1.29, 1.82) is 0 Å². The van der Waals surface area contributed by atoms with Gasteiger partial charge in [0.1, 0.15) is 0 Å². The Kier molecular flexibility index (Phi) is 5.56. The van der Waals surface area contributed by atoms with Gasteiger partial charge in [-0.1, -0.05) is 6.92 Å². The fourth-order valence-electron chi connectivity index (χ4n) is 0.541. The highest BCUT2D eigenvalue weighted by molar-refractivity contribution is 5.67. The van der Waals surface area contributed by atoms with Crippen LogP contribution < -0.4 is 11.1 Å². The van der Waals surface area contributed by atoms with Crippen LogP contribution in [0.25, 0.3) is 0 Å². The second-order valence-electron chi connectivity index (χ2n) is 2.27. The van der Waals surface area contributed by atoms with Gasteiger partial charge in [0, 0.05) is 12.6 Å². The fourth-order valence-corrected chi connectivity index (χ4v) is 0.541. The summed E-state index contributed by atoms with van der Waals surface area (Å²) in [7, 11) is 0. The Balaban J connectivity index is 3.30. The maximum Gasteiger partial charge on any atom is 0.407 e. The zero-order valence-electron chi connectivity index (χ0n) is 7.09. The summed E-state index contributed by atoms with van der Waals surface area (Å²) in [6, 6.07) is 0.0272. The van der Waals surface area contributed by atoms with Crippen molar-refractivity contribution >= 4 is 6.09 Å². The van der Waals surface area contributed by atoms with Crippen molar-refractivity contribution in [2.45, 2.75) is 26.3 Å². The largest absolute Gasteiger partial charge is 0.450 e. The highest BCUT2D eigenvalue weighted by Crippen LogP contribution is 1.83. The second-order valence-corrected chi connectivity index (χ2v) is 2.27. The molecule has 66 valence electrons. The zero-order valence-corrected chi connectivity index (χ0v) is 7.09. The molecule has 0 aliphatic rings. The normalized spacial score (nSPS) is 12.3. The van der Waals surface area contributed by atoms with Gasteiger partial charge in [-0.3, -0.25) is 0 Å². The molecule has 0 radical (unpaired) electrons. The number of ether oxygens (including phenoxy) is 1. The van der Waals surface area contributed by atoms with Crippen molar-refractivity contribution in [2.75, 3.05) is 13.2 Å². The maximum atomic E-state index is 10.7. The van der Waals surface area contributed by atoms with Crippen LogP contribution in [-0.4, -0.2) is 25.3 Å². The molecule has 11 heavy (non-hydrogen) atoms. The number of nitrogens with two attached hydrogens (primary N) is 1. The summed E-state index contributed by atoms with van der Waals surface area (Å²) in [4.78, 5) is 10.7. The molecular weight excluding hydrogens is 144 g/mol. The molecule has 0 fully saturated rings. The Morgan fingerprint density at radius 3 is 2.73 bits per heavy atom. The van der Waals surface area contributed by atoms with Crippen molar-refractivity contribution < 1.29 is 9.53 Å². The molecule has 0 heterocycles. The van der Waals surface area contributed by atoms with Gasteiger partial charge in [0.15, 0.2) is 0 Å². The highest BCUT2D eigenvalue weighted by Gasteiger charge is 2.02. The van der Waals surface area contributed by atoms with Crippen molar-refractivity contribution in [3.8, 4) is 0 Å². The summed E-state index contributed by atoms with van der Waals surface area (Å²) in [5, 5.41) is 2.55. The van der Waals surface area contributed by atoms with E-state index in [0.717, 1.165) is 6.42 Å². The molecule has 0 saturated carbocycles. The molecule has 0 aromatic heterocycles. The number of hydrogen-bond donors (Lipinski definition) is 2. The Hall–Kier alpha value is -0.770. The van der Waals surface area contributed by atoms with Crippen LogP contribution in [0, 0.1) is 0 Å². The predicted molar refractivity (Wildman–Crippen MR) is 43.3 cm³/mol. The molecule has 1 unspecified atom stereocenters. The predicted octanol–water partition coefficient (Wildman–Crippen LogP) is 0.470. The number of alkyl carbamates (subject to hydrolysis) is 1. The van der Waals surface area contributed by atoms with Gasteiger partial charge in [-0.2, -0.15) is 0 Å². The molecule has 4 heteroatoms. The summed E-state index contributed by atoms with van der Waals surface area (Å²) in [5.74, 6) is 0. The minimum atomic E-state index is -0.392. The third-order valence-corrected chi connectivity index (χ3v) is 1.31. The molecule has 0 bridgehead atoms. The number of rotatable bonds is 4. The van der Waals surface area contributed by atoms with Crippen molar-refractivity contribution in [2.24, 2.45) is 5.73 Å². The minimum Gasteiger partial charge on any atom is -0.450 e. The summed E-state index contributed by atoms with van der Waals surface area (Å²) in [6.07, 6.45) is 0.461. The van der Waals surface area contributed by atoms with E-state index in [4.69, 9.17) is 5.73 Å². The zero-order chi connectivity index (χ0) is 8.69. The first-order valence-electron chi connectivity index (χ1n) is 3.86. The SMILES string of the molecule is CCOC(=O)NCC(N)CC. The molecule has 0 aliphatic heterocycles. The van der Waals surface area contributed by atoms with Crippen LogP contribution in [-0.2, 0) is 4.74 Å². The molecule has 1 atom stereocenters. The maximum absolute atomic E-state index is 10.7. The Morgan fingerprint density at radius 1 is 1.64 bits per heavy atom. The lowest BCUT2D eigenvalue weighted by molar-refractivity contribution is 0.151. The van der Waals surface area contributed by atoms with Crippen LogP contribution in [0.15, 0.2) is 0 Å². The van der Waals surface area contributed by atoms with E-state index < -0.39 is 6.09 Å². The summed E-state index contributed by atoms with van der Waals surface area (Å²) in [6.45, 7) is 4.61. The first kappa shape index (κ1) is 10.2. The average Bonchev–Trinajstić information content (AvgIpc) is 2.01. The number of carbonyl (C=O) groups is 1. The number of hydrogen-bond acceptors (Lipinski definition) is 3. The summed E-state index contributed by atoms with van der Waals surface area (Å²) < 4.78 is 4.63. The number of carbonyl (C=O) groups excluding carboxylic acids is 1. The molecule has 0 spiro atoms. The molecular formula is C7H16N2O2. The van der Waals surface area contributed by atoms with Gasteiger partial charge in [0.2, 0.25) is 0 Å². The third kappa shape index (κ3) is 5.66. The molecule has 3 N–H and O–H groups in total. The van der Waals surface area contributed by atoms with Crippen molar-refractivity contribution in [1.82, 2.24) is 5.32 Å². The topological polar surface area (TPSA) is 64.3 Å². The quantitative estimate of drug-likeness (QED) is 0.628.